The zero-order valence-corrected chi connectivity index (χ0v) is 8.37. The molecular formula is C9H14N4O. The van der Waals surface area contributed by atoms with Gasteiger partial charge in [-0.05, 0) is 19.9 Å². The van der Waals surface area contributed by atoms with Gasteiger partial charge in [-0.15, -0.1) is 0 Å². The van der Waals surface area contributed by atoms with E-state index in [0.29, 0.717) is 24.3 Å². The van der Waals surface area contributed by atoms with Gasteiger partial charge in [-0.2, -0.15) is 10.2 Å². The molecule has 0 saturated heterocycles. The number of carbonyl (C=O) groups excluding carboxylic acids is 1. The highest BCUT2D eigenvalue weighted by atomic mass is 16.1. The van der Waals surface area contributed by atoms with E-state index in [9.17, 15) is 4.79 Å². The third kappa shape index (κ3) is 2.50. The van der Waals surface area contributed by atoms with E-state index in [2.05, 4.69) is 15.5 Å². The average molecular weight is 194 g/mol. The molecule has 0 aliphatic carbocycles. The van der Waals surface area contributed by atoms with Crippen LogP contribution in [0.2, 0.25) is 0 Å². The Morgan fingerprint density at radius 1 is 1.50 bits per heavy atom. The molecule has 1 amide bonds. The van der Waals surface area contributed by atoms with Crippen LogP contribution in [0.4, 0.5) is 0 Å². The Kier molecular flexibility index (Phi) is 3.53. The molecule has 3 N–H and O–H groups in total. The summed E-state index contributed by atoms with van der Waals surface area (Å²) in [4.78, 5) is 11.5. The molecule has 0 fully saturated rings. The SMILES string of the molecule is Cc1cc(C(=O)NCCN)c(C)nn1. The van der Waals surface area contributed by atoms with Gasteiger partial charge in [0.2, 0.25) is 0 Å². The molecule has 0 saturated carbocycles. The van der Waals surface area contributed by atoms with Crippen molar-refractivity contribution >= 4 is 5.91 Å². The summed E-state index contributed by atoms with van der Waals surface area (Å²) in [5, 5.41) is 10.4. The maximum atomic E-state index is 11.5. The van der Waals surface area contributed by atoms with Gasteiger partial charge in [0.25, 0.3) is 5.91 Å². The molecule has 1 heterocycles. The van der Waals surface area contributed by atoms with E-state index >= 15 is 0 Å². The highest BCUT2D eigenvalue weighted by molar-refractivity contribution is 5.95. The normalized spacial score (nSPS) is 9.93. The van der Waals surface area contributed by atoms with Crippen LogP contribution in [0.25, 0.3) is 0 Å². The number of aryl methyl sites for hydroxylation is 2. The van der Waals surface area contributed by atoms with Crippen molar-refractivity contribution in [2.45, 2.75) is 13.8 Å². The molecular weight excluding hydrogens is 180 g/mol. The second-order valence-electron chi connectivity index (χ2n) is 3.03. The van der Waals surface area contributed by atoms with Crippen molar-refractivity contribution in [3.05, 3.63) is 23.0 Å². The number of amides is 1. The van der Waals surface area contributed by atoms with Crippen LogP contribution in [0, 0.1) is 13.8 Å². The Labute approximate surface area is 82.7 Å². The molecule has 5 heteroatoms. The molecule has 1 aromatic heterocycles. The summed E-state index contributed by atoms with van der Waals surface area (Å²) in [6.07, 6.45) is 0. The lowest BCUT2D eigenvalue weighted by Gasteiger charge is -2.05. The van der Waals surface area contributed by atoms with Crippen molar-refractivity contribution in [1.29, 1.82) is 0 Å². The predicted octanol–water partition coefficient (Wildman–Crippen LogP) is -0.218. The van der Waals surface area contributed by atoms with Gasteiger partial charge < -0.3 is 11.1 Å². The molecule has 1 rings (SSSR count). The molecule has 0 atom stereocenters. The maximum absolute atomic E-state index is 11.5. The Morgan fingerprint density at radius 2 is 2.21 bits per heavy atom. The second kappa shape index (κ2) is 4.66. The standard InChI is InChI=1S/C9H14N4O/c1-6-5-8(7(2)13-12-6)9(14)11-4-3-10/h5H,3-4,10H2,1-2H3,(H,11,14). The third-order valence-corrected chi connectivity index (χ3v) is 1.78. The van der Waals surface area contributed by atoms with Crippen molar-refractivity contribution in [3.8, 4) is 0 Å². The third-order valence-electron chi connectivity index (χ3n) is 1.78. The molecule has 76 valence electrons. The Hall–Kier alpha value is -1.49. The maximum Gasteiger partial charge on any atom is 0.253 e. The lowest BCUT2D eigenvalue weighted by atomic mass is 10.2. The number of hydrogen-bond donors (Lipinski definition) is 2. The predicted molar refractivity (Wildman–Crippen MR) is 52.9 cm³/mol. The Balaban J connectivity index is 2.83. The van der Waals surface area contributed by atoms with Crippen LogP contribution < -0.4 is 11.1 Å². The number of nitrogens with zero attached hydrogens (tertiary/aromatic N) is 2. The van der Waals surface area contributed by atoms with Crippen LogP contribution in [0.3, 0.4) is 0 Å². The zero-order valence-electron chi connectivity index (χ0n) is 8.37. The van der Waals surface area contributed by atoms with E-state index in [0.717, 1.165) is 5.69 Å². The summed E-state index contributed by atoms with van der Waals surface area (Å²) in [6, 6.07) is 1.72. The number of nitrogens with one attached hydrogen (secondary N) is 1. The van der Waals surface area contributed by atoms with E-state index in [4.69, 9.17) is 5.73 Å². The molecule has 1 aromatic rings. The molecule has 0 unspecified atom stereocenters. The smallest absolute Gasteiger partial charge is 0.253 e. The molecule has 0 aliphatic rings. The van der Waals surface area contributed by atoms with Crippen molar-refractivity contribution in [3.63, 3.8) is 0 Å². The zero-order chi connectivity index (χ0) is 10.6. The highest BCUT2D eigenvalue weighted by Gasteiger charge is 2.09. The van der Waals surface area contributed by atoms with Gasteiger partial charge in [0.15, 0.2) is 0 Å². The quantitative estimate of drug-likeness (QED) is 0.697. The van der Waals surface area contributed by atoms with E-state index < -0.39 is 0 Å². The van der Waals surface area contributed by atoms with Crippen LogP contribution in [0.15, 0.2) is 6.07 Å². The van der Waals surface area contributed by atoms with Gasteiger partial charge in [0, 0.05) is 13.1 Å². The summed E-state index contributed by atoms with van der Waals surface area (Å²) >= 11 is 0. The summed E-state index contributed by atoms with van der Waals surface area (Å²) < 4.78 is 0. The van der Waals surface area contributed by atoms with Gasteiger partial charge in [-0.3, -0.25) is 4.79 Å². The van der Waals surface area contributed by atoms with E-state index in [1.54, 1.807) is 19.9 Å². The Bertz CT molecular complexity index is 338. The number of nitrogens with two attached hydrogens (primary N) is 1. The Morgan fingerprint density at radius 3 is 2.86 bits per heavy atom. The summed E-state index contributed by atoms with van der Waals surface area (Å²) in [5.41, 5.74) is 7.20. The summed E-state index contributed by atoms with van der Waals surface area (Å²) in [5.74, 6) is -0.147. The minimum atomic E-state index is -0.147. The van der Waals surface area contributed by atoms with E-state index in [1.165, 1.54) is 0 Å². The summed E-state index contributed by atoms with van der Waals surface area (Å²) in [6.45, 7) is 4.46. The number of carbonyl (C=O) groups is 1. The first kappa shape index (κ1) is 10.6. The van der Waals surface area contributed by atoms with Gasteiger partial charge in [0.1, 0.15) is 0 Å². The molecule has 0 aromatic carbocycles. The van der Waals surface area contributed by atoms with Gasteiger partial charge in [-0.25, -0.2) is 0 Å². The molecule has 0 spiro atoms. The fourth-order valence-corrected chi connectivity index (χ4v) is 1.06. The van der Waals surface area contributed by atoms with Gasteiger partial charge in [-0.1, -0.05) is 0 Å². The highest BCUT2D eigenvalue weighted by Crippen LogP contribution is 2.04. The van der Waals surface area contributed by atoms with Crippen LogP contribution in [0.5, 0.6) is 0 Å². The minimum Gasteiger partial charge on any atom is -0.351 e. The largest absolute Gasteiger partial charge is 0.351 e. The molecule has 0 aliphatic heterocycles. The topological polar surface area (TPSA) is 80.9 Å². The first-order valence-electron chi connectivity index (χ1n) is 4.44. The molecule has 5 nitrogen and oxygen atoms in total. The number of hydrogen-bond acceptors (Lipinski definition) is 4. The van der Waals surface area contributed by atoms with Crippen molar-refractivity contribution in [1.82, 2.24) is 15.5 Å². The molecule has 0 radical (unpaired) electrons. The van der Waals surface area contributed by atoms with Crippen molar-refractivity contribution in [2.75, 3.05) is 13.1 Å². The average Bonchev–Trinajstić information content (AvgIpc) is 2.18. The van der Waals surface area contributed by atoms with Crippen molar-refractivity contribution in [2.24, 2.45) is 5.73 Å². The van der Waals surface area contributed by atoms with Crippen LogP contribution >= 0.6 is 0 Å². The van der Waals surface area contributed by atoms with Crippen LogP contribution in [0.1, 0.15) is 21.7 Å². The van der Waals surface area contributed by atoms with E-state index in [1.807, 2.05) is 0 Å². The first-order valence-corrected chi connectivity index (χ1v) is 4.44. The number of aromatic nitrogens is 2. The lowest BCUT2D eigenvalue weighted by Crippen LogP contribution is -2.29. The number of rotatable bonds is 3. The van der Waals surface area contributed by atoms with Gasteiger partial charge in [0.05, 0.1) is 17.0 Å². The fourth-order valence-electron chi connectivity index (χ4n) is 1.06. The van der Waals surface area contributed by atoms with Crippen molar-refractivity contribution < 1.29 is 4.79 Å². The minimum absolute atomic E-state index is 0.147. The fraction of sp³-hybridized carbons (Fsp3) is 0.444. The van der Waals surface area contributed by atoms with Gasteiger partial charge >= 0.3 is 0 Å². The van der Waals surface area contributed by atoms with Crippen LogP contribution in [-0.2, 0) is 0 Å². The van der Waals surface area contributed by atoms with E-state index in [-0.39, 0.29) is 5.91 Å². The monoisotopic (exact) mass is 194 g/mol. The molecule has 0 bridgehead atoms. The summed E-state index contributed by atoms with van der Waals surface area (Å²) in [7, 11) is 0. The second-order valence-corrected chi connectivity index (χ2v) is 3.03. The first-order chi connectivity index (χ1) is 6.65. The van der Waals surface area contributed by atoms with Crippen LogP contribution in [-0.4, -0.2) is 29.2 Å². The molecule has 14 heavy (non-hydrogen) atoms. The lowest BCUT2D eigenvalue weighted by molar-refractivity contribution is 0.0953.